The smallest absolute Gasteiger partial charge is 0.0678 e. The highest BCUT2D eigenvalue weighted by Gasteiger charge is 2.21. The zero-order valence-electron chi connectivity index (χ0n) is 9.36. The van der Waals surface area contributed by atoms with E-state index in [2.05, 4.69) is 18.7 Å². The molecule has 0 aromatic carbocycles. The van der Waals surface area contributed by atoms with Crippen LogP contribution in [0.1, 0.15) is 20.3 Å². The second-order valence-corrected chi connectivity index (χ2v) is 4.43. The predicted octanol–water partition coefficient (Wildman–Crippen LogP) is 1.78. The van der Waals surface area contributed by atoms with Gasteiger partial charge < -0.3 is 8.92 Å². The number of hydrogen-bond acceptors (Lipinski definition) is 4. The van der Waals surface area contributed by atoms with E-state index in [0.29, 0.717) is 12.2 Å². The van der Waals surface area contributed by atoms with E-state index in [1.165, 1.54) is 12.0 Å². The summed E-state index contributed by atoms with van der Waals surface area (Å²) in [7, 11) is 0. The van der Waals surface area contributed by atoms with E-state index in [4.69, 9.17) is 8.92 Å². The highest BCUT2D eigenvalue weighted by atomic mass is 32.2. The first-order chi connectivity index (χ1) is 6.72. The third-order valence-corrected chi connectivity index (χ3v) is 2.72. The van der Waals surface area contributed by atoms with E-state index in [9.17, 15) is 0 Å². The molecule has 0 radical (unpaired) electrons. The molecule has 0 aromatic rings. The first-order valence-corrected chi connectivity index (χ1v) is 6.40. The van der Waals surface area contributed by atoms with Crippen molar-refractivity contribution in [3.63, 3.8) is 0 Å². The lowest BCUT2D eigenvalue weighted by Gasteiger charge is -2.35. The summed E-state index contributed by atoms with van der Waals surface area (Å²) in [6, 6.07) is 0. The minimum Gasteiger partial charge on any atom is -0.373 e. The summed E-state index contributed by atoms with van der Waals surface area (Å²) in [5.41, 5.74) is 0. The molecule has 0 aliphatic carbocycles. The van der Waals surface area contributed by atoms with Gasteiger partial charge in [0.1, 0.15) is 0 Å². The standard InChI is InChI=1S/C10H21NO2S/c1-9-7-11(8-10(2)13-9)5-4-6-12-14-3/h9-10H,4-8H2,1-3H3. The Morgan fingerprint density at radius 2 is 2.00 bits per heavy atom. The topological polar surface area (TPSA) is 21.7 Å². The van der Waals surface area contributed by atoms with Crippen LogP contribution in [-0.4, -0.2) is 49.6 Å². The summed E-state index contributed by atoms with van der Waals surface area (Å²) >= 11 is 1.45. The maximum atomic E-state index is 5.67. The first kappa shape index (κ1) is 12.3. The van der Waals surface area contributed by atoms with Crippen molar-refractivity contribution < 1.29 is 8.92 Å². The Balaban J connectivity index is 2.10. The Morgan fingerprint density at radius 1 is 1.36 bits per heavy atom. The summed E-state index contributed by atoms with van der Waals surface area (Å²) in [4.78, 5) is 2.46. The van der Waals surface area contributed by atoms with Crippen LogP contribution in [0.25, 0.3) is 0 Å². The van der Waals surface area contributed by atoms with Crippen LogP contribution in [0.4, 0.5) is 0 Å². The fourth-order valence-electron chi connectivity index (χ4n) is 1.90. The predicted molar refractivity (Wildman–Crippen MR) is 60.5 cm³/mol. The molecule has 2 atom stereocenters. The zero-order chi connectivity index (χ0) is 10.4. The monoisotopic (exact) mass is 219 g/mol. The van der Waals surface area contributed by atoms with Crippen molar-refractivity contribution in [1.82, 2.24) is 4.90 Å². The van der Waals surface area contributed by atoms with Gasteiger partial charge in [-0.1, -0.05) is 0 Å². The molecule has 1 aliphatic rings. The lowest BCUT2D eigenvalue weighted by atomic mass is 10.2. The molecule has 1 saturated heterocycles. The average molecular weight is 219 g/mol. The molecule has 0 saturated carbocycles. The SMILES string of the molecule is CSOCCCN1CC(C)OC(C)C1. The van der Waals surface area contributed by atoms with Gasteiger partial charge in [-0.15, -0.1) is 0 Å². The molecule has 0 N–H and O–H groups in total. The Labute approximate surface area is 91.3 Å². The molecule has 0 bridgehead atoms. The zero-order valence-corrected chi connectivity index (χ0v) is 10.2. The quantitative estimate of drug-likeness (QED) is 0.519. The Hall–Kier alpha value is 0.230. The van der Waals surface area contributed by atoms with Crippen molar-refractivity contribution in [1.29, 1.82) is 0 Å². The highest BCUT2D eigenvalue weighted by molar-refractivity contribution is 7.93. The third-order valence-electron chi connectivity index (χ3n) is 2.32. The van der Waals surface area contributed by atoms with Gasteiger partial charge in [-0.05, 0) is 32.3 Å². The largest absolute Gasteiger partial charge is 0.373 e. The van der Waals surface area contributed by atoms with E-state index >= 15 is 0 Å². The van der Waals surface area contributed by atoms with Crippen molar-refractivity contribution in [3.05, 3.63) is 0 Å². The fourth-order valence-corrected chi connectivity index (χ4v) is 2.18. The number of rotatable bonds is 5. The van der Waals surface area contributed by atoms with Crippen molar-refractivity contribution in [2.24, 2.45) is 0 Å². The summed E-state index contributed by atoms with van der Waals surface area (Å²) in [6.45, 7) is 8.37. The molecule has 1 rings (SSSR count). The number of hydrogen-bond donors (Lipinski definition) is 0. The molecule has 1 heterocycles. The lowest BCUT2D eigenvalue weighted by Crippen LogP contribution is -2.45. The number of nitrogens with zero attached hydrogens (tertiary/aromatic N) is 1. The summed E-state index contributed by atoms with van der Waals surface area (Å²) < 4.78 is 10.9. The molecule has 3 nitrogen and oxygen atoms in total. The van der Waals surface area contributed by atoms with Gasteiger partial charge in [-0.3, -0.25) is 4.90 Å². The Kier molecular flexibility index (Phi) is 5.86. The van der Waals surface area contributed by atoms with Crippen molar-refractivity contribution in [3.8, 4) is 0 Å². The van der Waals surface area contributed by atoms with Crippen LogP contribution in [0.3, 0.4) is 0 Å². The number of morpholine rings is 1. The van der Waals surface area contributed by atoms with E-state index < -0.39 is 0 Å². The molecule has 1 aliphatic heterocycles. The normalized spacial score (nSPS) is 29.4. The summed E-state index contributed by atoms with van der Waals surface area (Å²) in [5.74, 6) is 0. The van der Waals surface area contributed by atoms with Crippen molar-refractivity contribution >= 4 is 12.0 Å². The molecular weight excluding hydrogens is 198 g/mol. The van der Waals surface area contributed by atoms with Crippen LogP contribution in [0, 0.1) is 0 Å². The lowest BCUT2D eigenvalue weighted by molar-refractivity contribution is -0.0685. The van der Waals surface area contributed by atoms with Gasteiger partial charge in [0.05, 0.1) is 18.8 Å². The van der Waals surface area contributed by atoms with Gasteiger partial charge in [0.2, 0.25) is 0 Å². The van der Waals surface area contributed by atoms with Crippen LogP contribution in [0.5, 0.6) is 0 Å². The van der Waals surface area contributed by atoms with Gasteiger partial charge in [0.15, 0.2) is 0 Å². The van der Waals surface area contributed by atoms with Crippen LogP contribution < -0.4 is 0 Å². The molecule has 0 amide bonds. The van der Waals surface area contributed by atoms with Gasteiger partial charge in [0, 0.05) is 25.9 Å². The average Bonchev–Trinajstić information content (AvgIpc) is 2.11. The van der Waals surface area contributed by atoms with Crippen molar-refractivity contribution in [2.45, 2.75) is 32.5 Å². The van der Waals surface area contributed by atoms with E-state index in [1.54, 1.807) is 0 Å². The van der Waals surface area contributed by atoms with Crippen LogP contribution in [0.15, 0.2) is 0 Å². The maximum absolute atomic E-state index is 5.67. The Bertz CT molecular complexity index is 147. The Morgan fingerprint density at radius 3 is 2.57 bits per heavy atom. The highest BCUT2D eigenvalue weighted by Crippen LogP contribution is 2.10. The molecule has 2 unspecified atom stereocenters. The molecule has 14 heavy (non-hydrogen) atoms. The van der Waals surface area contributed by atoms with E-state index in [-0.39, 0.29) is 0 Å². The van der Waals surface area contributed by atoms with E-state index in [0.717, 1.165) is 32.7 Å². The second-order valence-electron chi connectivity index (χ2n) is 3.86. The summed E-state index contributed by atoms with van der Waals surface area (Å²) in [6.07, 6.45) is 3.82. The van der Waals surface area contributed by atoms with E-state index in [1.807, 2.05) is 6.26 Å². The molecule has 84 valence electrons. The van der Waals surface area contributed by atoms with Crippen LogP contribution in [0.2, 0.25) is 0 Å². The molecule has 1 fully saturated rings. The van der Waals surface area contributed by atoms with Gasteiger partial charge in [-0.2, -0.15) is 0 Å². The van der Waals surface area contributed by atoms with Crippen LogP contribution >= 0.6 is 12.0 Å². The molecule has 0 spiro atoms. The second kappa shape index (κ2) is 6.67. The number of ether oxygens (including phenoxy) is 1. The van der Waals surface area contributed by atoms with Crippen LogP contribution in [-0.2, 0) is 8.92 Å². The minimum atomic E-state index is 0.375. The third kappa shape index (κ3) is 4.64. The van der Waals surface area contributed by atoms with Crippen molar-refractivity contribution in [2.75, 3.05) is 32.5 Å². The summed E-state index contributed by atoms with van der Waals surface area (Å²) in [5, 5.41) is 0. The molecular formula is C10H21NO2S. The van der Waals surface area contributed by atoms with Gasteiger partial charge in [0.25, 0.3) is 0 Å². The van der Waals surface area contributed by atoms with Gasteiger partial charge >= 0.3 is 0 Å². The fraction of sp³-hybridized carbons (Fsp3) is 1.00. The molecule has 0 aromatic heterocycles. The minimum absolute atomic E-state index is 0.375. The first-order valence-electron chi connectivity index (χ1n) is 5.25. The maximum Gasteiger partial charge on any atom is 0.0678 e. The molecule has 4 heteroatoms. The van der Waals surface area contributed by atoms with Gasteiger partial charge in [-0.25, -0.2) is 0 Å².